The summed E-state index contributed by atoms with van der Waals surface area (Å²) in [6, 6.07) is 16.8. The average Bonchev–Trinajstić information content (AvgIpc) is 2.88. The summed E-state index contributed by atoms with van der Waals surface area (Å²) in [5, 5.41) is 13.5. The third-order valence-corrected chi connectivity index (χ3v) is 4.42. The van der Waals surface area contributed by atoms with Crippen molar-refractivity contribution in [2.24, 2.45) is 12.0 Å². The van der Waals surface area contributed by atoms with Crippen molar-refractivity contribution in [3.8, 4) is 11.4 Å². The first-order chi connectivity index (χ1) is 13.4. The van der Waals surface area contributed by atoms with Gasteiger partial charge in [-0.1, -0.05) is 30.3 Å². The van der Waals surface area contributed by atoms with E-state index in [0.717, 1.165) is 22.8 Å². The molecule has 6 nitrogen and oxygen atoms in total. The Morgan fingerprint density at radius 3 is 2.31 bits per heavy atom. The fraction of sp³-hybridized carbons (Fsp3) is 0.182. The molecular formula is C22H24N4O2Zn. The molecule has 1 heterocycles. The van der Waals surface area contributed by atoms with Gasteiger partial charge >= 0.3 is 0 Å². The van der Waals surface area contributed by atoms with Gasteiger partial charge in [0.1, 0.15) is 17.1 Å². The Morgan fingerprint density at radius 2 is 1.69 bits per heavy atom. The summed E-state index contributed by atoms with van der Waals surface area (Å²) in [5.74, 6) is 0.0688. The zero-order valence-corrected chi connectivity index (χ0v) is 20.1. The fourth-order valence-corrected chi connectivity index (χ4v) is 3.05. The maximum atomic E-state index is 11.5. The van der Waals surface area contributed by atoms with Crippen LogP contribution in [0, 0.1) is 6.92 Å². The predicted molar refractivity (Wildman–Crippen MR) is 111 cm³/mol. The Kier molecular flexibility index (Phi) is 7.35. The molecule has 29 heavy (non-hydrogen) atoms. The van der Waals surface area contributed by atoms with Crippen molar-refractivity contribution < 1.29 is 29.4 Å². The average molecular weight is 442 g/mol. The van der Waals surface area contributed by atoms with Gasteiger partial charge in [-0.25, -0.2) is 9.67 Å². The molecule has 0 radical (unpaired) electrons. The molecule has 0 spiro atoms. The van der Waals surface area contributed by atoms with Crippen molar-refractivity contribution in [2.75, 3.05) is 5.32 Å². The zero-order chi connectivity index (χ0) is 20.3. The molecule has 2 N–H and O–H groups in total. The van der Waals surface area contributed by atoms with Crippen LogP contribution in [0.3, 0.4) is 0 Å². The molecule has 0 saturated carbocycles. The Bertz CT molecular complexity index is 1110. The first-order valence-corrected chi connectivity index (χ1v) is 9.01. The predicted octanol–water partition coefficient (Wildman–Crippen LogP) is 3.96. The minimum absolute atomic E-state index is 0. The molecule has 0 amide bonds. The normalized spacial score (nSPS) is 11.9. The molecule has 0 bridgehead atoms. The third kappa shape index (κ3) is 4.93. The molecule has 1 aromatic heterocycles. The number of hydrogen-bond acceptors (Lipinski definition) is 4. The van der Waals surface area contributed by atoms with Crippen LogP contribution < -0.4 is 10.8 Å². The van der Waals surface area contributed by atoms with Crippen molar-refractivity contribution in [1.82, 2.24) is 9.36 Å². The number of nitrogens with zero attached hydrogens (tertiary/aromatic N) is 3. The van der Waals surface area contributed by atoms with E-state index in [0.29, 0.717) is 11.2 Å². The van der Waals surface area contributed by atoms with Gasteiger partial charge < -0.3 is 10.4 Å². The number of carbonyl (C=O) groups excluding carboxylic acids is 1. The van der Waals surface area contributed by atoms with E-state index in [1.807, 2.05) is 66.7 Å². The van der Waals surface area contributed by atoms with Crippen LogP contribution in [0.5, 0.6) is 5.75 Å². The van der Waals surface area contributed by atoms with Gasteiger partial charge in [0, 0.05) is 32.2 Å². The summed E-state index contributed by atoms with van der Waals surface area (Å²) < 4.78 is 3.95. The number of hydrogen-bond donors (Lipinski definition) is 2. The largest absolute Gasteiger partial charge is 0.506 e. The molecule has 2 aromatic carbocycles. The second-order valence-corrected chi connectivity index (χ2v) is 6.62. The first kappa shape index (κ1) is 22.4. The maximum Gasteiger partial charge on any atom is 0.178 e. The van der Waals surface area contributed by atoms with E-state index >= 15 is 0 Å². The second kappa shape index (κ2) is 9.52. The number of aromatic hydroxyl groups is 1. The molecule has 0 aliphatic heterocycles. The summed E-state index contributed by atoms with van der Waals surface area (Å²) in [7, 11) is 1.95. The number of para-hydroxylation sites is 3. The molecule has 3 rings (SSSR count). The molecule has 0 saturated heterocycles. The molecule has 0 aliphatic rings. The molecule has 0 unspecified atom stereocenters. The van der Waals surface area contributed by atoms with Gasteiger partial charge in [0.15, 0.2) is 11.3 Å². The Morgan fingerprint density at radius 1 is 1.07 bits per heavy atom. The van der Waals surface area contributed by atoms with Gasteiger partial charge in [-0.3, -0.25) is 9.48 Å². The van der Waals surface area contributed by atoms with Crippen LogP contribution in [0.15, 0.2) is 71.4 Å². The van der Waals surface area contributed by atoms with Crippen LogP contribution in [0.2, 0.25) is 0 Å². The van der Waals surface area contributed by atoms with E-state index in [1.54, 1.807) is 24.3 Å². The monoisotopic (exact) mass is 440 g/mol. The molecular weight excluding hydrogens is 418 g/mol. The van der Waals surface area contributed by atoms with Crippen molar-refractivity contribution in [2.45, 2.75) is 20.8 Å². The number of aromatic nitrogens is 2. The second-order valence-electron chi connectivity index (χ2n) is 6.62. The molecule has 3 aromatic rings. The van der Waals surface area contributed by atoms with Gasteiger partial charge in [0.25, 0.3) is 0 Å². The Labute approximate surface area is 183 Å². The van der Waals surface area contributed by atoms with E-state index in [2.05, 4.69) is 5.32 Å². The van der Waals surface area contributed by atoms with Gasteiger partial charge in [-0.05, 0) is 51.1 Å². The zero-order valence-electron chi connectivity index (χ0n) is 17.2. The molecule has 7 heteroatoms. The van der Waals surface area contributed by atoms with Crippen molar-refractivity contribution in [3.05, 3.63) is 77.6 Å². The summed E-state index contributed by atoms with van der Waals surface area (Å²) in [4.78, 5) is 16.2. The van der Waals surface area contributed by atoms with Crippen LogP contribution in [0.1, 0.15) is 19.5 Å². The van der Waals surface area contributed by atoms with E-state index < -0.39 is 0 Å². The van der Waals surface area contributed by atoms with Crippen molar-refractivity contribution >= 4 is 17.2 Å². The van der Waals surface area contributed by atoms with Crippen molar-refractivity contribution in [1.29, 1.82) is 0 Å². The Hall–Kier alpha value is -2.92. The molecule has 0 fully saturated rings. The molecule has 0 atom stereocenters. The summed E-state index contributed by atoms with van der Waals surface area (Å²) in [6.07, 6.45) is 1.54. The van der Waals surface area contributed by atoms with Gasteiger partial charge in [-0.15, -0.1) is 0 Å². The number of anilines is 1. The minimum atomic E-state index is -0.0336. The number of carbonyl (C=O) groups is 1. The summed E-state index contributed by atoms with van der Waals surface area (Å²) in [6.45, 7) is 5.33. The smallest absolute Gasteiger partial charge is 0.178 e. The van der Waals surface area contributed by atoms with Crippen LogP contribution in [0.4, 0.5) is 11.4 Å². The van der Waals surface area contributed by atoms with Crippen LogP contribution in [-0.2, 0) is 31.3 Å². The molecule has 146 valence electrons. The van der Waals surface area contributed by atoms with Crippen molar-refractivity contribution in [3.63, 3.8) is 0 Å². The molecule has 0 aliphatic carbocycles. The quantitative estimate of drug-likeness (QED) is 0.465. The van der Waals surface area contributed by atoms with Gasteiger partial charge in [0.05, 0.1) is 11.4 Å². The van der Waals surface area contributed by atoms with Gasteiger partial charge in [-0.2, -0.15) is 0 Å². The third-order valence-electron chi connectivity index (χ3n) is 4.42. The van der Waals surface area contributed by atoms with Crippen LogP contribution in [0.25, 0.3) is 5.69 Å². The number of ketones is 1. The van der Waals surface area contributed by atoms with E-state index in [9.17, 15) is 9.90 Å². The fourth-order valence-electron chi connectivity index (χ4n) is 3.05. The first-order valence-electron chi connectivity index (χ1n) is 9.01. The SMILES string of the molecule is CC(=O)/C=C(/C)Nc1c(C)n(C)n(-c2ccccc2)c1=Nc1ccccc1O.[Zn]. The number of benzene rings is 2. The number of rotatable bonds is 5. The number of phenols is 1. The Balaban J connectivity index is 0.00000300. The van der Waals surface area contributed by atoms with Gasteiger partial charge in [0.2, 0.25) is 0 Å². The van der Waals surface area contributed by atoms with Crippen LogP contribution >= 0.6 is 0 Å². The number of phenolic OH excluding ortho intramolecular Hbond substituents is 1. The van der Waals surface area contributed by atoms with Crippen LogP contribution in [-0.4, -0.2) is 20.3 Å². The standard InChI is InChI=1S/C22H24N4O2.Zn/c1-15(14-16(2)27)23-21-17(3)25(4)26(18-10-6-5-7-11-18)22(21)24-19-12-8-9-13-20(19)28;/h5-14,23,28H,1-4H3;/b15-14-,24-22?;. The van der Waals surface area contributed by atoms with E-state index in [-0.39, 0.29) is 31.0 Å². The van der Waals surface area contributed by atoms with E-state index in [1.165, 1.54) is 6.92 Å². The minimum Gasteiger partial charge on any atom is -0.506 e. The summed E-state index contributed by atoms with van der Waals surface area (Å²) >= 11 is 0. The van der Waals surface area contributed by atoms with E-state index in [4.69, 9.17) is 4.99 Å². The number of allylic oxidation sites excluding steroid dienone is 2. The maximum absolute atomic E-state index is 11.5. The summed E-state index contributed by atoms with van der Waals surface area (Å²) in [5.41, 5.74) is 4.45. The topological polar surface area (TPSA) is 71.5 Å². The number of nitrogens with one attached hydrogen (secondary N) is 1.